The van der Waals surface area contributed by atoms with E-state index in [4.69, 9.17) is 4.74 Å². The molecular formula is C36H33NO. The minimum absolute atomic E-state index is 0.867. The number of benzene rings is 5. The quantitative estimate of drug-likeness (QED) is 0.218. The standard InChI is InChI=1S/C36H33NO/c1-3-9-26-15-19-28(20-16-26)30-23-31(29-21-17-27(10-4-2)18-22-29)25-32(24-30)37-33-11-5-7-13-35(33)38-36-14-8-6-12-34(36)37/h5-8,11-25H,3-4,9-10H2,1-2H3. The molecule has 0 aliphatic carbocycles. The molecular weight excluding hydrogens is 462 g/mol. The number of aryl methyl sites for hydroxylation is 2. The number of nitrogens with zero attached hydrogens (tertiary/aromatic N) is 1. The molecule has 2 heteroatoms. The Labute approximate surface area is 226 Å². The first-order valence-corrected chi connectivity index (χ1v) is 13.7. The molecule has 0 atom stereocenters. The van der Waals surface area contributed by atoms with Gasteiger partial charge in [-0.25, -0.2) is 0 Å². The molecule has 5 aromatic rings. The van der Waals surface area contributed by atoms with E-state index in [2.05, 4.69) is 110 Å². The van der Waals surface area contributed by atoms with Crippen LogP contribution in [0.1, 0.15) is 37.8 Å². The summed E-state index contributed by atoms with van der Waals surface area (Å²) in [7, 11) is 0. The zero-order valence-electron chi connectivity index (χ0n) is 22.2. The lowest BCUT2D eigenvalue weighted by Crippen LogP contribution is -2.15. The van der Waals surface area contributed by atoms with E-state index in [1.165, 1.54) is 33.4 Å². The van der Waals surface area contributed by atoms with E-state index in [9.17, 15) is 0 Å². The van der Waals surface area contributed by atoms with E-state index in [1.807, 2.05) is 24.3 Å². The van der Waals surface area contributed by atoms with Gasteiger partial charge in [0.05, 0.1) is 11.4 Å². The van der Waals surface area contributed by atoms with Crippen LogP contribution in [-0.2, 0) is 12.8 Å². The lowest BCUT2D eigenvalue weighted by atomic mass is 9.95. The molecule has 0 N–H and O–H groups in total. The normalized spacial score (nSPS) is 12.0. The molecule has 1 aliphatic rings. The van der Waals surface area contributed by atoms with Crippen molar-refractivity contribution in [1.29, 1.82) is 0 Å². The second-order valence-electron chi connectivity index (χ2n) is 10.0. The Morgan fingerprint density at radius 2 is 0.947 bits per heavy atom. The van der Waals surface area contributed by atoms with Crippen molar-refractivity contribution in [2.75, 3.05) is 4.90 Å². The largest absolute Gasteiger partial charge is 0.453 e. The SMILES string of the molecule is CCCc1ccc(-c2cc(-c3ccc(CCC)cc3)cc(N3c4ccccc4Oc4ccccc43)c2)cc1. The molecule has 2 nitrogen and oxygen atoms in total. The van der Waals surface area contributed by atoms with Gasteiger partial charge in [0, 0.05) is 5.69 Å². The molecule has 0 unspecified atom stereocenters. The van der Waals surface area contributed by atoms with Gasteiger partial charge < -0.3 is 9.64 Å². The smallest absolute Gasteiger partial charge is 0.151 e. The second kappa shape index (κ2) is 10.6. The Hall–Kier alpha value is -4.30. The van der Waals surface area contributed by atoms with Crippen LogP contribution >= 0.6 is 0 Å². The molecule has 0 radical (unpaired) electrons. The van der Waals surface area contributed by atoms with E-state index in [0.717, 1.165) is 54.2 Å². The van der Waals surface area contributed by atoms with Gasteiger partial charge in [0.1, 0.15) is 0 Å². The van der Waals surface area contributed by atoms with Gasteiger partial charge in [-0.05, 0) is 88.7 Å². The number of anilines is 3. The molecule has 6 rings (SSSR count). The molecule has 1 aliphatic heterocycles. The maximum atomic E-state index is 6.29. The highest BCUT2D eigenvalue weighted by molar-refractivity contribution is 5.90. The van der Waals surface area contributed by atoms with Crippen molar-refractivity contribution >= 4 is 17.1 Å². The number of ether oxygens (including phenoxy) is 1. The first-order valence-electron chi connectivity index (χ1n) is 13.7. The third kappa shape index (κ3) is 4.70. The predicted octanol–water partition coefficient (Wildman–Crippen LogP) is 10.5. The van der Waals surface area contributed by atoms with Crippen LogP contribution in [0, 0.1) is 0 Å². The zero-order chi connectivity index (χ0) is 25.9. The summed E-state index contributed by atoms with van der Waals surface area (Å²) in [6.45, 7) is 4.46. The maximum Gasteiger partial charge on any atom is 0.151 e. The third-order valence-electron chi connectivity index (χ3n) is 7.26. The van der Waals surface area contributed by atoms with Gasteiger partial charge >= 0.3 is 0 Å². The summed E-state index contributed by atoms with van der Waals surface area (Å²) in [4.78, 5) is 2.33. The Morgan fingerprint density at radius 3 is 1.39 bits per heavy atom. The fourth-order valence-corrected chi connectivity index (χ4v) is 5.36. The monoisotopic (exact) mass is 495 g/mol. The van der Waals surface area contributed by atoms with Crippen molar-refractivity contribution in [1.82, 2.24) is 0 Å². The molecule has 38 heavy (non-hydrogen) atoms. The summed E-state index contributed by atoms with van der Waals surface area (Å²) in [5.41, 5.74) is 10.9. The fourth-order valence-electron chi connectivity index (χ4n) is 5.36. The summed E-state index contributed by atoms with van der Waals surface area (Å²) >= 11 is 0. The van der Waals surface area contributed by atoms with Gasteiger partial charge in [-0.3, -0.25) is 0 Å². The summed E-state index contributed by atoms with van der Waals surface area (Å²) in [6, 6.07) is 41.6. The molecule has 1 heterocycles. The van der Waals surface area contributed by atoms with Crippen LogP contribution < -0.4 is 9.64 Å². The van der Waals surface area contributed by atoms with Crippen LogP contribution in [-0.4, -0.2) is 0 Å². The highest BCUT2D eigenvalue weighted by Gasteiger charge is 2.26. The highest BCUT2D eigenvalue weighted by Crippen LogP contribution is 2.51. The second-order valence-corrected chi connectivity index (χ2v) is 10.0. The Bertz CT molecular complexity index is 1440. The molecule has 0 bridgehead atoms. The van der Waals surface area contributed by atoms with Crippen LogP contribution in [0.25, 0.3) is 22.3 Å². The van der Waals surface area contributed by atoms with Crippen molar-refractivity contribution in [2.24, 2.45) is 0 Å². The maximum absolute atomic E-state index is 6.29. The molecule has 0 saturated carbocycles. The Balaban J connectivity index is 1.52. The van der Waals surface area contributed by atoms with Crippen LogP contribution in [0.2, 0.25) is 0 Å². The number of hydrogen-bond acceptors (Lipinski definition) is 2. The molecule has 0 aromatic heterocycles. The first kappa shape index (κ1) is 24.1. The van der Waals surface area contributed by atoms with E-state index < -0.39 is 0 Å². The first-order chi connectivity index (χ1) is 18.7. The van der Waals surface area contributed by atoms with Crippen LogP contribution in [0.5, 0.6) is 11.5 Å². The van der Waals surface area contributed by atoms with Gasteiger partial charge in [0.2, 0.25) is 0 Å². The van der Waals surface area contributed by atoms with Crippen LogP contribution in [0.3, 0.4) is 0 Å². The van der Waals surface area contributed by atoms with E-state index in [1.54, 1.807) is 0 Å². The van der Waals surface area contributed by atoms with Gasteiger partial charge in [-0.15, -0.1) is 0 Å². The summed E-state index contributed by atoms with van der Waals surface area (Å²) in [6.07, 6.45) is 4.53. The van der Waals surface area contributed by atoms with E-state index in [-0.39, 0.29) is 0 Å². The lowest BCUT2D eigenvalue weighted by Gasteiger charge is -2.33. The van der Waals surface area contributed by atoms with Crippen molar-refractivity contribution in [3.8, 4) is 33.8 Å². The summed E-state index contributed by atoms with van der Waals surface area (Å²) in [5.74, 6) is 1.73. The third-order valence-corrected chi connectivity index (χ3v) is 7.26. The van der Waals surface area contributed by atoms with Gasteiger partial charge in [-0.1, -0.05) is 99.5 Å². The summed E-state index contributed by atoms with van der Waals surface area (Å²) in [5, 5.41) is 0. The summed E-state index contributed by atoms with van der Waals surface area (Å²) < 4.78 is 6.29. The van der Waals surface area contributed by atoms with Gasteiger partial charge in [-0.2, -0.15) is 0 Å². The minimum atomic E-state index is 0.867. The molecule has 188 valence electrons. The Morgan fingerprint density at radius 1 is 0.500 bits per heavy atom. The molecule has 0 amide bonds. The topological polar surface area (TPSA) is 12.5 Å². The zero-order valence-corrected chi connectivity index (χ0v) is 22.2. The number of hydrogen-bond donors (Lipinski definition) is 0. The number of rotatable bonds is 7. The van der Waals surface area contributed by atoms with Crippen molar-refractivity contribution < 1.29 is 4.74 Å². The van der Waals surface area contributed by atoms with E-state index in [0.29, 0.717) is 0 Å². The Kier molecular flexibility index (Phi) is 6.71. The molecule has 0 saturated heterocycles. The molecule has 0 fully saturated rings. The molecule has 0 spiro atoms. The van der Waals surface area contributed by atoms with Crippen molar-refractivity contribution in [2.45, 2.75) is 39.5 Å². The average molecular weight is 496 g/mol. The van der Waals surface area contributed by atoms with E-state index >= 15 is 0 Å². The fraction of sp³-hybridized carbons (Fsp3) is 0.167. The number of para-hydroxylation sites is 4. The lowest BCUT2D eigenvalue weighted by molar-refractivity contribution is 0.477. The minimum Gasteiger partial charge on any atom is -0.453 e. The van der Waals surface area contributed by atoms with Gasteiger partial charge in [0.25, 0.3) is 0 Å². The predicted molar refractivity (Wildman–Crippen MR) is 160 cm³/mol. The molecule has 5 aromatic carbocycles. The highest BCUT2D eigenvalue weighted by atomic mass is 16.5. The van der Waals surface area contributed by atoms with Crippen LogP contribution in [0.4, 0.5) is 17.1 Å². The van der Waals surface area contributed by atoms with Crippen molar-refractivity contribution in [3.63, 3.8) is 0 Å². The number of fused-ring (bicyclic) bond motifs is 2. The van der Waals surface area contributed by atoms with Crippen molar-refractivity contribution in [3.05, 3.63) is 126 Å². The van der Waals surface area contributed by atoms with Crippen LogP contribution in [0.15, 0.2) is 115 Å². The average Bonchev–Trinajstić information content (AvgIpc) is 2.97. The van der Waals surface area contributed by atoms with Gasteiger partial charge in [0.15, 0.2) is 11.5 Å².